The molecule has 1 aromatic carbocycles. The molecule has 0 radical (unpaired) electrons. The van der Waals surface area contributed by atoms with Crippen LogP contribution in [-0.2, 0) is 13.1 Å². The molecule has 0 saturated heterocycles. The van der Waals surface area contributed by atoms with Crippen LogP contribution >= 0.6 is 11.6 Å². The Kier molecular flexibility index (Phi) is 4.74. The van der Waals surface area contributed by atoms with Gasteiger partial charge in [0.1, 0.15) is 17.3 Å². The number of aromatic nitrogens is 5. The maximum atomic E-state index is 14.5. The highest BCUT2D eigenvalue weighted by Crippen LogP contribution is 2.30. The Morgan fingerprint density at radius 2 is 1.97 bits per heavy atom. The van der Waals surface area contributed by atoms with Crippen LogP contribution in [0, 0.1) is 11.6 Å². The molecular weight excluding hydrogens is 448 g/mol. The van der Waals surface area contributed by atoms with Gasteiger partial charge in [0.15, 0.2) is 0 Å². The van der Waals surface area contributed by atoms with Crippen LogP contribution in [0.2, 0.25) is 5.02 Å². The Morgan fingerprint density at radius 1 is 1.06 bits per heavy atom. The van der Waals surface area contributed by atoms with Gasteiger partial charge in [-0.05, 0) is 24.3 Å². The van der Waals surface area contributed by atoms with E-state index in [0.717, 1.165) is 41.6 Å². The first kappa shape index (κ1) is 20.1. The lowest BCUT2D eigenvalue weighted by molar-refractivity contribution is 0.468. The molecule has 6 rings (SSSR count). The normalized spacial score (nSPS) is 15.5. The van der Waals surface area contributed by atoms with E-state index in [4.69, 9.17) is 16.6 Å². The summed E-state index contributed by atoms with van der Waals surface area (Å²) in [4.78, 5) is 13.7. The molecule has 2 aliphatic rings. The minimum atomic E-state index is -0.810. The largest absolute Gasteiger partial charge is 0.309 e. The van der Waals surface area contributed by atoms with Gasteiger partial charge in [-0.3, -0.25) is 9.98 Å². The van der Waals surface area contributed by atoms with Crippen molar-refractivity contribution in [3.63, 3.8) is 0 Å². The van der Waals surface area contributed by atoms with Gasteiger partial charge in [-0.15, -0.1) is 5.10 Å². The molecule has 0 bridgehead atoms. The molecule has 0 aliphatic carbocycles. The summed E-state index contributed by atoms with van der Waals surface area (Å²) in [6, 6.07) is 7.62. The zero-order valence-corrected chi connectivity index (χ0v) is 17.9. The van der Waals surface area contributed by atoms with Crippen molar-refractivity contribution in [2.75, 3.05) is 13.1 Å². The van der Waals surface area contributed by atoms with E-state index in [-0.39, 0.29) is 10.6 Å². The molecule has 164 valence electrons. The van der Waals surface area contributed by atoms with Crippen LogP contribution in [-0.4, -0.2) is 43.8 Å². The van der Waals surface area contributed by atoms with Gasteiger partial charge in [0.2, 0.25) is 0 Å². The monoisotopic (exact) mass is 463 g/mol. The van der Waals surface area contributed by atoms with E-state index in [0.29, 0.717) is 35.6 Å². The lowest BCUT2D eigenvalue weighted by Gasteiger charge is -2.14. The maximum Gasteiger partial charge on any atom is 0.144 e. The Bertz CT molecular complexity index is 1490. The van der Waals surface area contributed by atoms with E-state index < -0.39 is 11.6 Å². The van der Waals surface area contributed by atoms with Gasteiger partial charge in [0.25, 0.3) is 0 Å². The fraction of sp³-hybridized carbons (Fsp3) is 0.174. The average molecular weight is 464 g/mol. The van der Waals surface area contributed by atoms with Gasteiger partial charge in [0.05, 0.1) is 46.2 Å². The highest BCUT2D eigenvalue weighted by molar-refractivity contribution is 6.35. The van der Waals surface area contributed by atoms with Crippen LogP contribution < -0.4 is 5.32 Å². The summed E-state index contributed by atoms with van der Waals surface area (Å²) in [6.07, 6.45) is 3.62. The van der Waals surface area contributed by atoms with Crippen LogP contribution in [0.15, 0.2) is 47.6 Å². The number of nitrogens with zero attached hydrogens (tertiary/aromatic N) is 6. The molecule has 33 heavy (non-hydrogen) atoms. The summed E-state index contributed by atoms with van der Waals surface area (Å²) in [5, 5.41) is 11.8. The zero-order valence-electron chi connectivity index (χ0n) is 17.2. The Balaban J connectivity index is 1.40. The maximum absolute atomic E-state index is 14.5. The number of nitrogens with one attached hydrogen (secondary N) is 1. The van der Waals surface area contributed by atoms with Crippen molar-refractivity contribution in [3.8, 4) is 11.3 Å². The Labute approximate surface area is 191 Å². The number of hydrogen-bond acceptors (Lipinski definition) is 6. The molecule has 0 atom stereocenters. The number of rotatable bonds is 3. The summed E-state index contributed by atoms with van der Waals surface area (Å²) in [7, 11) is 0. The van der Waals surface area contributed by atoms with Crippen LogP contribution in [0.3, 0.4) is 0 Å². The number of pyridine rings is 2. The molecular formula is C23H16ClF2N7. The molecule has 0 unspecified atom stereocenters. The van der Waals surface area contributed by atoms with Crippen molar-refractivity contribution in [2.24, 2.45) is 4.99 Å². The minimum absolute atomic E-state index is 0.141. The third-order valence-electron chi connectivity index (χ3n) is 5.78. The van der Waals surface area contributed by atoms with Gasteiger partial charge in [-0.2, -0.15) is 0 Å². The standard InChI is InChI=1S/C23H16ClF2N7/c24-15-8-14(16(25)9-17(15)26)23-13(3-4-28-23)18-1-2-19-20(30-18)7-12(10-29-19)22-21-11-27-5-6-33(21)32-31-22/h1-3,7-10,27H,4-6,11H2. The molecule has 7 nitrogen and oxygen atoms in total. The van der Waals surface area contributed by atoms with Crippen molar-refractivity contribution >= 4 is 33.9 Å². The van der Waals surface area contributed by atoms with E-state index in [1.54, 1.807) is 6.20 Å². The Morgan fingerprint density at radius 3 is 2.88 bits per heavy atom. The molecule has 0 amide bonds. The predicted molar refractivity (Wildman–Crippen MR) is 121 cm³/mol. The Hall–Kier alpha value is -3.56. The third kappa shape index (κ3) is 3.40. The van der Waals surface area contributed by atoms with Crippen LogP contribution in [0.4, 0.5) is 8.78 Å². The number of benzene rings is 1. The fourth-order valence-corrected chi connectivity index (χ4v) is 4.32. The smallest absolute Gasteiger partial charge is 0.144 e. The topological polar surface area (TPSA) is 80.9 Å². The quantitative estimate of drug-likeness (QED) is 0.467. The van der Waals surface area contributed by atoms with Crippen LogP contribution in [0.5, 0.6) is 0 Å². The highest BCUT2D eigenvalue weighted by Gasteiger charge is 2.23. The van der Waals surface area contributed by atoms with Crippen LogP contribution in [0.25, 0.3) is 27.9 Å². The molecule has 0 spiro atoms. The lowest BCUT2D eigenvalue weighted by Crippen LogP contribution is -2.28. The van der Waals surface area contributed by atoms with E-state index in [1.807, 2.05) is 29.0 Å². The van der Waals surface area contributed by atoms with Gasteiger partial charge in [-0.25, -0.2) is 18.4 Å². The van der Waals surface area contributed by atoms with Gasteiger partial charge in [0, 0.05) is 42.1 Å². The number of halogens is 3. The van der Waals surface area contributed by atoms with Crippen molar-refractivity contribution in [2.45, 2.75) is 13.1 Å². The molecule has 2 aliphatic heterocycles. The molecule has 10 heteroatoms. The van der Waals surface area contributed by atoms with E-state index >= 15 is 0 Å². The van der Waals surface area contributed by atoms with Crippen molar-refractivity contribution in [3.05, 3.63) is 76.2 Å². The summed E-state index contributed by atoms with van der Waals surface area (Å²) in [6.45, 7) is 2.68. The first-order chi connectivity index (χ1) is 16.1. The summed E-state index contributed by atoms with van der Waals surface area (Å²) in [5.41, 5.74) is 5.80. The molecule has 0 fully saturated rings. The first-order valence-corrected chi connectivity index (χ1v) is 10.8. The molecule has 0 saturated carbocycles. The predicted octanol–water partition coefficient (Wildman–Crippen LogP) is 3.81. The summed E-state index contributed by atoms with van der Waals surface area (Å²) < 4.78 is 30.1. The van der Waals surface area contributed by atoms with Gasteiger partial charge < -0.3 is 5.32 Å². The molecule has 3 aromatic heterocycles. The number of fused-ring (bicyclic) bond motifs is 2. The molecule has 5 heterocycles. The third-order valence-corrected chi connectivity index (χ3v) is 6.07. The molecule has 4 aromatic rings. The van der Waals surface area contributed by atoms with Gasteiger partial charge >= 0.3 is 0 Å². The summed E-state index contributed by atoms with van der Waals surface area (Å²) >= 11 is 5.90. The van der Waals surface area contributed by atoms with Crippen LogP contribution in [0.1, 0.15) is 17.0 Å². The second kappa shape index (κ2) is 7.79. The minimum Gasteiger partial charge on any atom is -0.309 e. The number of hydrogen-bond donors (Lipinski definition) is 1. The zero-order chi connectivity index (χ0) is 22.5. The van der Waals surface area contributed by atoms with Crippen molar-refractivity contribution in [1.82, 2.24) is 30.3 Å². The SMILES string of the molecule is Fc1cc(F)c(C2=NCC=C2c2ccc3ncc(-c4nnn5c4CNCC5)cc3n2)cc1Cl. The van der Waals surface area contributed by atoms with E-state index in [9.17, 15) is 8.78 Å². The summed E-state index contributed by atoms with van der Waals surface area (Å²) in [5.74, 6) is -1.53. The second-order valence-electron chi connectivity index (χ2n) is 7.80. The number of allylic oxidation sites excluding steroid dienone is 1. The lowest BCUT2D eigenvalue weighted by atomic mass is 9.99. The van der Waals surface area contributed by atoms with Crippen molar-refractivity contribution < 1.29 is 8.78 Å². The van der Waals surface area contributed by atoms with E-state index in [2.05, 4.69) is 25.6 Å². The second-order valence-corrected chi connectivity index (χ2v) is 8.20. The average Bonchev–Trinajstić information content (AvgIpc) is 3.48. The first-order valence-electron chi connectivity index (χ1n) is 10.4. The van der Waals surface area contributed by atoms with Crippen molar-refractivity contribution in [1.29, 1.82) is 0 Å². The van der Waals surface area contributed by atoms with Gasteiger partial charge in [-0.1, -0.05) is 22.9 Å². The highest BCUT2D eigenvalue weighted by atomic mass is 35.5. The number of aliphatic imine (C=N–C) groups is 1. The van der Waals surface area contributed by atoms with E-state index in [1.165, 1.54) is 6.07 Å². The molecule has 1 N–H and O–H groups in total. The fourth-order valence-electron chi connectivity index (χ4n) is 4.16.